The van der Waals surface area contributed by atoms with Gasteiger partial charge in [0.25, 0.3) is 0 Å². The van der Waals surface area contributed by atoms with Crippen molar-refractivity contribution in [2.75, 3.05) is 0 Å². The first-order valence-corrected chi connectivity index (χ1v) is 10.9. The molecule has 2 aromatic rings. The zero-order valence-corrected chi connectivity index (χ0v) is 17.3. The van der Waals surface area contributed by atoms with Crippen molar-refractivity contribution in [3.63, 3.8) is 0 Å². The van der Waals surface area contributed by atoms with E-state index in [4.69, 9.17) is 0 Å². The lowest BCUT2D eigenvalue weighted by atomic mass is 9.77. The van der Waals surface area contributed by atoms with E-state index in [-0.39, 0.29) is 0 Å². The van der Waals surface area contributed by atoms with E-state index >= 15 is 0 Å². The number of rotatable bonds is 5. The largest absolute Gasteiger partial charge is 0.192 e. The second kappa shape index (κ2) is 10.1. The smallest absolute Gasteiger partial charge is 0.100 e. The molecular formula is C27H31N. The lowest BCUT2D eigenvalue weighted by Gasteiger charge is -2.28. The van der Waals surface area contributed by atoms with Gasteiger partial charge >= 0.3 is 0 Å². The Hall–Kier alpha value is -2.51. The lowest BCUT2D eigenvalue weighted by Crippen LogP contribution is -2.13. The first kappa shape index (κ1) is 20.2. The van der Waals surface area contributed by atoms with E-state index in [1.54, 1.807) is 0 Å². The Balaban J connectivity index is 1.64. The fourth-order valence-corrected chi connectivity index (χ4v) is 4.27. The van der Waals surface area contributed by atoms with Gasteiger partial charge in [0.2, 0.25) is 0 Å². The highest BCUT2D eigenvalue weighted by Gasteiger charge is 2.21. The van der Waals surface area contributed by atoms with Crippen molar-refractivity contribution in [2.24, 2.45) is 5.92 Å². The summed E-state index contributed by atoms with van der Waals surface area (Å²) >= 11 is 0. The number of hydrogen-bond acceptors (Lipinski definition) is 1. The van der Waals surface area contributed by atoms with Gasteiger partial charge in [-0.15, -0.1) is 0 Å². The van der Waals surface area contributed by atoms with Crippen LogP contribution in [0.5, 0.6) is 0 Å². The van der Waals surface area contributed by atoms with Gasteiger partial charge in [-0.1, -0.05) is 63.1 Å². The number of nitrogens with zero attached hydrogens (tertiary/aromatic N) is 1. The predicted octanol–water partition coefficient (Wildman–Crippen LogP) is 6.98. The fraction of sp³-hybridized carbons (Fsp3) is 0.444. The summed E-state index contributed by atoms with van der Waals surface area (Å²) in [6.07, 6.45) is 10.5. The van der Waals surface area contributed by atoms with Gasteiger partial charge in [-0.2, -0.15) is 5.26 Å². The Morgan fingerprint density at radius 1 is 0.893 bits per heavy atom. The second-order valence-electron chi connectivity index (χ2n) is 8.08. The maximum atomic E-state index is 9.36. The minimum atomic E-state index is 0.670. The quantitative estimate of drug-likeness (QED) is 0.521. The third-order valence-corrected chi connectivity index (χ3v) is 6.15. The highest BCUT2D eigenvalue weighted by atomic mass is 14.3. The Kier molecular flexibility index (Phi) is 7.33. The van der Waals surface area contributed by atoms with Crippen LogP contribution in [0.25, 0.3) is 0 Å². The Bertz CT molecular complexity index is 865. The van der Waals surface area contributed by atoms with E-state index in [2.05, 4.69) is 62.1 Å². The Morgan fingerprint density at radius 3 is 2.29 bits per heavy atom. The third kappa shape index (κ3) is 5.27. The van der Waals surface area contributed by atoms with E-state index in [0.717, 1.165) is 23.5 Å². The zero-order valence-electron chi connectivity index (χ0n) is 17.3. The Labute approximate surface area is 170 Å². The van der Waals surface area contributed by atoms with Crippen LogP contribution in [-0.4, -0.2) is 0 Å². The summed E-state index contributed by atoms with van der Waals surface area (Å²) in [7, 11) is 0. The summed E-state index contributed by atoms with van der Waals surface area (Å²) in [5, 5.41) is 9.36. The molecule has 0 aliphatic heterocycles. The molecule has 0 unspecified atom stereocenters. The van der Waals surface area contributed by atoms with Crippen molar-refractivity contribution in [2.45, 2.75) is 71.1 Å². The van der Waals surface area contributed by atoms with E-state index in [9.17, 15) is 5.26 Å². The normalized spacial score (nSPS) is 18.8. The van der Waals surface area contributed by atoms with Crippen LogP contribution in [0, 0.1) is 29.1 Å². The maximum Gasteiger partial charge on any atom is 0.100 e. The van der Waals surface area contributed by atoms with E-state index in [0.29, 0.717) is 11.5 Å². The van der Waals surface area contributed by atoms with Gasteiger partial charge in [-0.3, -0.25) is 0 Å². The van der Waals surface area contributed by atoms with Crippen molar-refractivity contribution >= 4 is 0 Å². The second-order valence-corrected chi connectivity index (χ2v) is 8.08. The molecule has 0 bridgehead atoms. The summed E-state index contributed by atoms with van der Waals surface area (Å²) in [6, 6.07) is 17.0. The van der Waals surface area contributed by atoms with Gasteiger partial charge in [0.1, 0.15) is 6.07 Å². The minimum Gasteiger partial charge on any atom is -0.192 e. The molecule has 0 amide bonds. The number of hydrogen-bond donors (Lipinski definition) is 0. The number of aryl methyl sites for hydroxylation is 1. The predicted molar refractivity (Wildman–Crippen MR) is 117 cm³/mol. The maximum absolute atomic E-state index is 9.36. The van der Waals surface area contributed by atoms with E-state index in [1.807, 2.05) is 12.1 Å². The topological polar surface area (TPSA) is 23.8 Å². The van der Waals surface area contributed by atoms with Crippen LogP contribution in [0.2, 0.25) is 0 Å². The summed E-state index contributed by atoms with van der Waals surface area (Å²) in [6.45, 7) is 4.39. The van der Waals surface area contributed by atoms with Gasteiger partial charge < -0.3 is 0 Å². The molecule has 3 rings (SSSR count). The minimum absolute atomic E-state index is 0.670. The number of benzene rings is 2. The molecule has 1 saturated carbocycles. The van der Waals surface area contributed by atoms with Crippen LogP contribution >= 0.6 is 0 Å². The molecule has 1 aliphatic rings. The molecule has 0 heterocycles. The average Bonchev–Trinajstić information content (AvgIpc) is 2.77. The summed E-state index contributed by atoms with van der Waals surface area (Å²) < 4.78 is 0. The lowest BCUT2D eigenvalue weighted by molar-refractivity contribution is 0.304. The SMILES string of the molecule is CCCCC1CCC(c2ccc(C#Cc3ccc(CC)cc3C#N)cc2)CC1. The standard InChI is InChI=1S/C27H31N/c1-3-5-6-22-8-14-24(15-9-22)25-16-10-23(11-17-25)12-18-26-13-7-21(4-2)19-27(26)20-28/h7,10-11,13,16-17,19,22,24H,3-6,8-9,14-15H2,1-2H3. The zero-order chi connectivity index (χ0) is 19.8. The molecule has 2 aromatic carbocycles. The molecular weight excluding hydrogens is 338 g/mol. The van der Waals surface area contributed by atoms with Crippen molar-refractivity contribution in [3.05, 3.63) is 70.3 Å². The number of unbranched alkanes of at least 4 members (excludes halogenated alkanes) is 1. The van der Waals surface area contributed by atoms with E-state index < -0.39 is 0 Å². The van der Waals surface area contributed by atoms with Gasteiger partial charge in [-0.25, -0.2) is 0 Å². The molecule has 0 spiro atoms. The van der Waals surface area contributed by atoms with E-state index in [1.165, 1.54) is 56.1 Å². The molecule has 0 atom stereocenters. The summed E-state index contributed by atoms with van der Waals surface area (Å²) in [4.78, 5) is 0. The highest BCUT2D eigenvalue weighted by molar-refractivity contribution is 5.52. The molecule has 0 N–H and O–H groups in total. The molecule has 1 heteroatoms. The van der Waals surface area contributed by atoms with Crippen LogP contribution in [0.3, 0.4) is 0 Å². The monoisotopic (exact) mass is 369 g/mol. The van der Waals surface area contributed by atoms with Crippen LogP contribution in [0.15, 0.2) is 42.5 Å². The van der Waals surface area contributed by atoms with Gasteiger partial charge in [0.15, 0.2) is 0 Å². The number of nitriles is 1. The summed E-state index contributed by atoms with van der Waals surface area (Å²) in [5.41, 5.74) is 5.14. The third-order valence-electron chi connectivity index (χ3n) is 6.15. The molecule has 1 nitrogen and oxygen atoms in total. The van der Waals surface area contributed by atoms with Crippen molar-refractivity contribution < 1.29 is 0 Å². The van der Waals surface area contributed by atoms with Gasteiger partial charge in [-0.05, 0) is 79.3 Å². The molecule has 0 aromatic heterocycles. The van der Waals surface area contributed by atoms with Crippen LogP contribution in [0.1, 0.15) is 92.5 Å². The molecule has 1 aliphatic carbocycles. The van der Waals surface area contributed by atoms with Crippen molar-refractivity contribution in [1.82, 2.24) is 0 Å². The van der Waals surface area contributed by atoms with Crippen LogP contribution in [-0.2, 0) is 6.42 Å². The van der Waals surface area contributed by atoms with Gasteiger partial charge in [0, 0.05) is 11.1 Å². The van der Waals surface area contributed by atoms with Crippen LogP contribution < -0.4 is 0 Å². The fourth-order valence-electron chi connectivity index (χ4n) is 4.27. The molecule has 28 heavy (non-hydrogen) atoms. The van der Waals surface area contributed by atoms with Crippen LogP contribution in [0.4, 0.5) is 0 Å². The molecule has 1 fully saturated rings. The molecule has 144 valence electrons. The summed E-state index contributed by atoms with van der Waals surface area (Å²) in [5.74, 6) is 8.08. The first-order chi connectivity index (χ1) is 13.7. The van der Waals surface area contributed by atoms with Crippen molar-refractivity contribution in [1.29, 1.82) is 5.26 Å². The highest BCUT2D eigenvalue weighted by Crippen LogP contribution is 2.37. The van der Waals surface area contributed by atoms with Crippen molar-refractivity contribution in [3.8, 4) is 17.9 Å². The first-order valence-electron chi connectivity index (χ1n) is 10.9. The Morgan fingerprint density at radius 2 is 1.64 bits per heavy atom. The molecule has 0 radical (unpaired) electrons. The average molecular weight is 370 g/mol. The van der Waals surface area contributed by atoms with Gasteiger partial charge in [0.05, 0.1) is 5.56 Å². The molecule has 0 saturated heterocycles.